The van der Waals surface area contributed by atoms with Crippen molar-refractivity contribution in [2.45, 2.75) is 26.6 Å². The van der Waals surface area contributed by atoms with Crippen LogP contribution in [0.25, 0.3) is 0 Å². The lowest BCUT2D eigenvalue weighted by molar-refractivity contribution is -0.222. The Bertz CT molecular complexity index is 629. The van der Waals surface area contributed by atoms with Gasteiger partial charge in [0.25, 0.3) is 5.79 Å². The number of hydrogen-bond acceptors (Lipinski definition) is 6. The van der Waals surface area contributed by atoms with Gasteiger partial charge in [0.15, 0.2) is 5.57 Å². The number of nitrogens with one attached hydrogen (secondary N) is 1. The molecule has 0 amide bonds. The van der Waals surface area contributed by atoms with E-state index in [1.165, 1.54) is 19.9 Å². The maximum Gasteiger partial charge on any atom is 0.350 e. The Hall–Kier alpha value is -2.02. The zero-order valence-corrected chi connectivity index (χ0v) is 13.3. The second-order valence-electron chi connectivity index (χ2n) is 4.95. The van der Waals surface area contributed by atoms with Gasteiger partial charge >= 0.3 is 11.9 Å². The van der Waals surface area contributed by atoms with E-state index in [9.17, 15) is 14.7 Å². The maximum atomic E-state index is 11.8. The third-order valence-electron chi connectivity index (χ3n) is 2.85. The summed E-state index contributed by atoms with van der Waals surface area (Å²) in [5, 5.41) is 12.6. The Kier molecular flexibility index (Phi) is 3.95. The molecule has 7 heteroatoms. The fourth-order valence-corrected chi connectivity index (χ4v) is 2.11. The van der Waals surface area contributed by atoms with Gasteiger partial charge in [-0.3, -0.25) is 0 Å². The van der Waals surface area contributed by atoms with Crippen LogP contribution < -0.4 is 5.32 Å². The van der Waals surface area contributed by atoms with Gasteiger partial charge in [-0.2, -0.15) is 0 Å². The second-order valence-corrected chi connectivity index (χ2v) is 5.80. The molecule has 1 aromatic rings. The minimum atomic E-state index is -1.28. The van der Waals surface area contributed by atoms with Crippen LogP contribution in [-0.2, 0) is 19.1 Å². The Morgan fingerprint density at radius 3 is 2.38 bits per heavy atom. The summed E-state index contributed by atoms with van der Waals surface area (Å²) < 4.78 is 10.7. The van der Waals surface area contributed by atoms with Crippen LogP contribution >= 0.6 is 15.9 Å². The van der Waals surface area contributed by atoms with Gasteiger partial charge in [-0.25, -0.2) is 9.59 Å². The Labute approximate surface area is 129 Å². The first-order valence-corrected chi connectivity index (χ1v) is 6.92. The van der Waals surface area contributed by atoms with Crippen LogP contribution in [0.2, 0.25) is 0 Å². The molecule has 0 spiro atoms. The molecule has 0 unspecified atom stereocenters. The SMILES string of the molecule is Cc1c(Br)ccc(O)c1NC=C1C(=O)OC(C)(C)OC1=O. The first kappa shape index (κ1) is 15.4. The monoisotopic (exact) mass is 355 g/mol. The number of phenols is 1. The summed E-state index contributed by atoms with van der Waals surface area (Å²) in [7, 11) is 0. The van der Waals surface area contributed by atoms with Gasteiger partial charge in [-0.05, 0) is 24.6 Å². The highest BCUT2D eigenvalue weighted by Crippen LogP contribution is 2.33. The highest BCUT2D eigenvalue weighted by molar-refractivity contribution is 9.10. The maximum absolute atomic E-state index is 11.8. The number of cyclic esters (lactones) is 2. The number of hydrogen-bond donors (Lipinski definition) is 2. The molecule has 1 aliphatic heterocycles. The molecule has 6 nitrogen and oxygen atoms in total. The third-order valence-corrected chi connectivity index (χ3v) is 3.71. The molecule has 0 aromatic heterocycles. The van der Waals surface area contributed by atoms with Gasteiger partial charge in [0.1, 0.15) is 5.75 Å². The molecule has 1 aromatic carbocycles. The van der Waals surface area contributed by atoms with E-state index in [0.717, 1.165) is 16.2 Å². The molecule has 112 valence electrons. The summed E-state index contributed by atoms with van der Waals surface area (Å²) >= 11 is 3.33. The van der Waals surface area contributed by atoms with Gasteiger partial charge in [0.2, 0.25) is 0 Å². The van der Waals surface area contributed by atoms with Crippen LogP contribution in [0.3, 0.4) is 0 Å². The third kappa shape index (κ3) is 3.18. The standard InChI is InChI=1S/C14H14BrNO5/c1-7-9(15)4-5-10(17)11(7)16-6-8-12(18)20-14(2,3)21-13(8)19/h4-6,16-17H,1-3H3. The van der Waals surface area contributed by atoms with Crippen molar-refractivity contribution in [3.05, 3.63) is 33.9 Å². The number of rotatable bonds is 2. The number of anilines is 1. The lowest BCUT2D eigenvalue weighted by atomic mass is 10.2. The van der Waals surface area contributed by atoms with Crippen molar-refractivity contribution in [3.8, 4) is 5.75 Å². The highest BCUT2D eigenvalue weighted by atomic mass is 79.9. The molecule has 2 N–H and O–H groups in total. The average molecular weight is 356 g/mol. The predicted octanol–water partition coefficient (Wildman–Crippen LogP) is 2.60. The quantitative estimate of drug-likeness (QED) is 0.367. The molecule has 0 bridgehead atoms. The van der Waals surface area contributed by atoms with Gasteiger partial charge in [-0.1, -0.05) is 15.9 Å². The molecule has 1 fully saturated rings. The number of aromatic hydroxyl groups is 1. The molecular weight excluding hydrogens is 342 g/mol. The Morgan fingerprint density at radius 1 is 1.24 bits per heavy atom. The normalized spacial score (nSPS) is 17.0. The number of carbonyl (C=O) groups is 2. The van der Waals surface area contributed by atoms with Crippen molar-refractivity contribution in [2.75, 3.05) is 5.32 Å². The smallest absolute Gasteiger partial charge is 0.350 e. The molecule has 1 aliphatic rings. The molecule has 0 aliphatic carbocycles. The number of halogens is 1. The van der Waals surface area contributed by atoms with E-state index in [2.05, 4.69) is 21.2 Å². The van der Waals surface area contributed by atoms with Gasteiger partial charge in [0.05, 0.1) is 5.69 Å². The van der Waals surface area contributed by atoms with Crippen molar-refractivity contribution in [2.24, 2.45) is 0 Å². The lowest BCUT2D eigenvalue weighted by Gasteiger charge is -2.29. The summed E-state index contributed by atoms with van der Waals surface area (Å²) in [6.07, 6.45) is 1.16. The number of esters is 2. The fraction of sp³-hybridized carbons (Fsp3) is 0.286. The van der Waals surface area contributed by atoms with E-state index in [0.29, 0.717) is 5.69 Å². The van der Waals surface area contributed by atoms with E-state index in [4.69, 9.17) is 9.47 Å². The van der Waals surface area contributed by atoms with Crippen LogP contribution in [0, 0.1) is 6.92 Å². The molecular formula is C14H14BrNO5. The van der Waals surface area contributed by atoms with Crippen LogP contribution in [0.1, 0.15) is 19.4 Å². The van der Waals surface area contributed by atoms with E-state index >= 15 is 0 Å². The molecule has 0 atom stereocenters. The largest absolute Gasteiger partial charge is 0.506 e. The minimum Gasteiger partial charge on any atom is -0.506 e. The molecule has 0 radical (unpaired) electrons. The van der Waals surface area contributed by atoms with Crippen molar-refractivity contribution >= 4 is 33.6 Å². The number of carbonyl (C=O) groups excluding carboxylic acids is 2. The Balaban J connectivity index is 2.28. The van der Waals surface area contributed by atoms with Crippen LogP contribution in [0.15, 0.2) is 28.4 Å². The lowest BCUT2D eigenvalue weighted by Crippen LogP contribution is -2.42. The van der Waals surface area contributed by atoms with Crippen molar-refractivity contribution in [1.82, 2.24) is 0 Å². The van der Waals surface area contributed by atoms with E-state index in [1.54, 1.807) is 13.0 Å². The summed E-state index contributed by atoms with van der Waals surface area (Å²) in [5.74, 6) is -2.85. The number of ether oxygens (including phenoxy) is 2. The van der Waals surface area contributed by atoms with Crippen LogP contribution in [-0.4, -0.2) is 22.8 Å². The van der Waals surface area contributed by atoms with Gasteiger partial charge < -0.3 is 19.9 Å². The van der Waals surface area contributed by atoms with E-state index in [-0.39, 0.29) is 11.3 Å². The fourth-order valence-electron chi connectivity index (χ4n) is 1.78. The number of benzene rings is 1. The summed E-state index contributed by atoms with van der Waals surface area (Å²) in [4.78, 5) is 23.6. The topological polar surface area (TPSA) is 84.9 Å². The van der Waals surface area contributed by atoms with Gasteiger partial charge in [0, 0.05) is 24.5 Å². The second kappa shape index (κ2) is 5.40. The average Bonchev–Trinajstić information content (AvgIpc) is 2.35. The molecule has 1 heterocycles. The molecule has 2 rings (SSSR count). The van der Waals surface area contributed by atoms with E-state index < -0.39 is 17.7 Å². The minimum absolute atomic E-state index is 0.00887. The van der Waals surface area contributed by atoms with Gasteiger partial charge in [-0.15, -0.1) is 0 Å². The molecule has 0 saturated carbocycles. The number of phenolic OH excluding ortho intramolecular Hbond substituents is 1. The summed E-state index contributed by atoms with van der Waals surface area (Å²) in [5.41, 5.74) is 0.833. The first-order valence-electron chi connectivity index (χ1n) is 6.13. The molecule has 1 saturated heterocycles. The molecule has 21 heavy (non-hydrogen) atoms. The highest BCUT2D eigenvalue weighted by Gasteiger charge is 2.39. The zero-order chi connectivity index (χ0) is 15.8. The zero-order valence-electron chi connectivity index (χ0n) is 11.7. The predicted molar refractivity (Wildman–Crippen MR) is 78.5 cm³/mol. The summed E-state index contributed by atoms with van der Waals surface area (Å²) in [6, 6.07) is 3.17. The first-order chi connectivity index (χ1) is 9.71. The Morgan fingerprint density at radius 2 is 1.81 bits per heavy atom. The van der Waals surface area contributed by atoms with Crippen LogP contribution in [0.4, 0.5) is 5.69 Å². The van der Waals surface area contributed by atoms with Crippen molar-refractivity contribution < 1.29 is 24.2 Å². The summed E-state index contributed by atoms with van der Waals surface area (Å²) in [6.45, 7) is 4.71. The van der Waals surface area contributed by atoms with E-state index in [1.807, 2.05) is 0 Å². The van der Waals surface area contributed by atoms with Crippen molar-refractivity contribution in [3.63, 3.8) is 0 Å². The van der Waals surface area contributed by atoms with Crippen molar-refractivity contribution in [1.29, 1.82) is 0 Å². The van der Waals surface area contributed by atoms with Crippen LogP contribution in [0.5, 0.6) is 5.75 Å².